The first-order valence-corrected chi connectivity index (χ1v) is 7.15. The number of thiazole rings is 1. The van der Waals surface area contributed by atoms with E-state index in [1.54, 1.807) is 13.2 Å². The van der Waals surface area contributed by atoms with E-state index in [1.807, 2.05) is 5.38 Å². The number of hydrogen-bond donors (Lipinski definition) is 0. The van der Waals surface area contributed by atoms with E-state index in [9.17, 15) is 8.42 Å². The molecular formula is C9H12N4O2S2. The van der Waals surface area contributed by atoms with E-state index in [0.29, 0.717) is 0 Å². The summed E-state index contributed by atoms with van der Waals surface area (Å²) < 4.78 is 27.0. The normalized spacial score (nSPS) is 12.2. The smallest absolute Gasteiger partial charge is 0.246 e. The molecule has 0 spiro atoms. The van der Waals surface area contributed by atoms with Gasteiger partial charge in [0.2, 0.25) is 10.0 Å². The van der Waals surface area contributed by atoms with Crippen molar-refractivity contribution in [3.05, 3.63) is 29.0 Å². The molecule has 92 valence electrons. The summed E-state index contributed by atoms with van der Waals surface area (Å²) in [5.41, 5.74) is 0. The van der Waals surface area contributed by atoms with Crippen LogP contribution in [0.5, 0.6) is 0 Å². The summed E-state index contributed by atoms with van der Waals surface area (Å²) >= 11 is 1.43. The highest BCUT2D eigenvalue weighted by Gasteiger charge is 2.22. The lowest BCUT2D eigenvalue weighted by Crippen LogP contribution is -2.26. The maximum atomic E-state index is 12.1. The molecule has 0 unspecified atom stereocenters. The Morgan fingerprint density at radius 1 is 1.53 bits per heavy atom. The molecule has 6 nitrogen and oxygen atoms in total. The van der Waals surface area contributed by atoms with Crippen molar-refractivity contribution >= 4 is 21.4 Å². The molecule has 0 fully saturated rings. The van der Waals surface area contributed by atoms with Crippen LogP contribution < -0.4 is 0 Å². The molecule has 2 rings (SSSR count). The quantitative estimate of drug-likeness (QED) is 0.821. The van der Waals surface area contributed by atoms with E-state index in [-0.39, 0.29) is 11.4 Å². The maximum Gasteiger partial charge on any atom is 0.246 e. The molecule has 0 saturated carbocycles. The maximum absolute atomic E-state index is 12.1. The predicted molar refractivity (Wildman–Crippen MR) is 64.0 cm³/mol. The van der Waals surface area contributed by atoms with E-state index in [1.165, 1.54) is 39.8 Å². The topological polar surface area (TPSA) is 68.1 Å². The fourth-order valence-corrected chi connectivity index (χ4v) is 3.19. The van der Waals surface area contributed by atoms with Crippen LogP contribution in [0.15, 0.2) is 28.9 Å². The Morgan fingerprint density at radius 3 is 2.82 bits per heavy atom. The van der Waals surface area contributed by atoms with Gasteiger partial charge in [0, 0.05) is 31.9 Å². The van der Waals surface area contributed by atoms with Crippen LogP contribution in [0.25, 0.3) is 0 Å². The Balaban J connectivity index is 2.21. The van der Waals surface area contributed by atoms with E-state index in [0.717, 1.165) is 5.01 Å². The summed E-state index contributed by atoms with van der Waals surface area (Å²) in [6, 6.07) is 0. The molecule has 0 aliphatic rings. The average Bonchev–Trinajstić information content (AvgIpc) is 2.89. The molecule has 0 aliphatic heterocycles. The molecule has 2 aromatic rings. The number of nitrogens with zero attached hydrogens (tertiary/aromatic N) is 4. The lowest BCUT2D eigenvalue weighted by molar-refractivity contribution is 0.466. The fourth-order valence-electron chi connectivity index (χ4n) is 1.32. The molecule has 0 aliphatic carbocycles. The standard InChI is InChI=1S/C9H12N4O2S2/c1-12-6-8(5-11-12)17(14,15)13(2)7-9-10-3-4-16-9/h3-6H,7H2,1-2H3. The van der Waals surface area contributed by atoms with Crippen molar-refractivity contribution in [2.75, 3.05) is 7.05 Å². The summed E-state index contributed by atoms with van der Waals surface area (Å²) in [4.78, 5) is 4.25. The van der Waals surface area contributed by atoms with Crippen molar-refractivity contribution in [3.63, 3.8) is 0 Å². The molecule has 17 heavy (non-hydrogen) atoms. The van der Waals surface area contributed by atoms with E-state index >= 15 is 0 Å². The minimum Gasteiger partial charge on any atom is -0.274 e. The molecule has 0 bridgehead atoms. The van der Waals surface area contributed by atoms with Crippen LogP contribution in [0.2, 0.25) is 0 Å². The molecule has 2 heterocycles. The SMILES string of the molecule is CN(Cc1nccs1)S(=O)(=O)c1cnn(C)c1. The Hall–Kier alpha value is -1.25. The molecule has 8 heteroatoms. The third-order valence-corrected chi connectivity index (χ3v) is 4.75. The molecule has 0 radical (unpaired) electrons. The van der Waals surface area contributed by atoms with Gasteiger partial charge in [-0.2, -0.15) is 9.40 Å². The van der Waals surface area contributed by atoms with Crippen LogP contribution in [-0.4, -0.2) is 34.5 Å². The first-order chi connectivity index (χ1) is 8.00. The van der Waals surface area contributed by atoms with Gasteiger partial charge >= 0.3 is 0 Å². The van der Waals surface area contributed by atoms with Crippen molar-refractivity contribution in [1.29, 1.82) is 0 Å². The summed E-state index contributed by atoms with van der Waals surface area (Å²) in [7, 11) is -0.266. The second-order valence-electron chi connectivity index (χ2n) is 3.54. The van der Waals surface area contributed by atoms with Crippen LogP contribution >= 0.6 is 11.3 Å². The van der Waals surface area contributed by atoms with Crippen molar-refractivity contribution < 1.29 is 8.42 Å². The van der Waals surface area contributed by atoms with Gasteiger partial charge < -0.3 is 0 Å². The van der Waals surface area contributed by atoms with Gasteiger partial charge in [0.15, 0.2) is 0 Å². The highest BCUT2D eigenvalue weighted by molar-refractivity contribution is 7.89. The van der Waals surface area contributed by atoms with Crippen molar-refractivity contribution in [1.82, 2.24) is 19.1 Å². The Labute approximate surface area is 104 Å². The summed E-state index contributed by atoms with van der Waals surface area (Å²) in [6.07, 6.45) is 4.48. The Kier molecular flexibility index (Phi) is 3.27. The molecule has 0 aromatic carbocycles. The molecule has 2 aromatic heterocycles. The minimum atomic E-state index is -3.48. The molecule has 0 N–H and O–H groups in total. The third kappa shape index (κ3) is 2.54. The van der Waals surface area contributed by atoms with Gasteiger partial charge in [-0.3, -0.25) is 4.68 Å². The number of aryl methyl sites for hydroxylation is 1. The van der Waals surface area contributed by atoms with Gasteiger partial charge in [-0.1, -0.05) is 0 Å². The zero-order valence-electron chi connectivity index (χ0n) is 9.44. The third-order valence-electron chi connectivity index (χ3n) is 2.23. The van der Waals surface area contributed by atoms with Gasteiger partial charge in [0.25, 0.3) is 0 Å². The minimum absolute atomic E-state index is 0.194. The summed E-state index contributed by atoms with van der Waals surface area (Å²) in [5, 5.41) is 6.44. The van der Waals surface area contributed by atoms with E-state index in [4.69, 9.17) is 0 Å². The lowest BCUT2D eigenvalue weighted by atomic mass is 10.7. The van der Waals surface area contributed by atoms with Crippen molar-refractivity contribution in [2.24, 2.45) is 7.05 Å². The molecule has 0 amide bonds. The van der Waals surface area contributed by atoms with E-state index in [2.05, 4.69) is 10.1 Å². The molecule has 0 atom stereocenters. The average molecular weight is 272 g/mol. The largest absolute Gasteiger partial charge is 0.274 e. The monoisotopic (exact) mass is 272 g/mol. The van der Waals surface area contributed by atoms with Crippen LogP contribution in [-0.2, 0) is 23.6 Å². The zero-order valence-corrected chi connectivity index (χ0v) is 11.1. The Morgan fingerprint density at radius 2 is 2.29 bits per heavy atom. The molecular weight excluding hydrogens is 260 g/mol. The van der Waals surface area contributed by atoms with Crippen LogP contribution in [0.1, 0.15) is 5.01 Å². The van der Waals surface area contributed by atoms with Crippen molar-refractivity contribution in [2.45, 2.75) is 11.4 Å². The predicted octanol–water partition coefficient (Wildman–Crippen LogP) is 0.697. The van der Waals surface area contributed by atoms with Crippen molar-refractivity contribution in [3.8, 4) is 0 Å². The van der Waals surface area contributed by atoms with Crippen LogP contribution in [0, 0.1) is 0 Å². The number of rotatable bonds is 4. The lowest BCUT2D eigenvalue weighted by Gasteiger charge is -2.14. The van der Waals surface area contributed by atoms with Crippen LogP contribution in [0.3, 0.4) is 0 Å². The Bertz CT molecular complexity index is 588. The second-order valence-corrected chi connectivity index (χ2v) is 6.56. The van der Waals surface area contributed by atoms with E-state index < -0.39 is 10.0 Å². The van der Waals surface area contributed by atoms with Gasteiger partial charge in [0.1, 0.15) is 9.90 Å². The van der Waals surface area contributed by atoms with Gasteiger partial charge in [0.05, 0.1) is 12.7 Å². The first kappa shape index (κ1) is 12.2. The fraction of sp³-hybridized carbons (Fsp3) is 0.333. The highest BCUT2D eigenvalue weighted by atomic mass is 32.2. The zero-order chi connectivity index (χ0) is 12.5. The van der Waals surface area contributed by atoms with Gasteiger partial charge in [-0.15, -0.1) is 11.3 Å². The second kappa shape index (κ2) is 4.55. The number of hydrogen-bond acceptors (Lipinski definition) is 5. The first-order valence-electron chi connectivity index (χ1n) is 4.83. The highest BCUT2D eigenvalue weighted by Crippen LogP contribution is 2.16. The molecule has 0 saturated heterocycles. The van der Waals surface area contributed by atoms with Crippen LogP contribution in [0.4, 0.5) is 0 Å². The van der Waals surface area contributed by atoms with Gasteiger partial charge in [-0.05, 0) is 0 Å². The number of sulfonamides is 1. The summed E-state index contributed by atoms with van der Waals surface area (Å²) in [5.74, 6) is 0. The number of aromatic nitrogens is 3. The van der Waals surface area contributed by atoms with Gasteiger partial charge in [-0.25, -0.2) is 13.4 Å². The summed E-state index contributed by atoms with van der Waals surface area (Å²) in [6.45, 7) is 0.273.